The fourth-order valence-corrected chi connectivity index (χ4v) is 5.92. The molecule has 0 heterocycles. The normalized spacial score (nSPS) is 30.6. The molecule has 0 aliphatic heterocycles. The van der Waals surface area contributed by atoms with E-state index in [0.717, 1.165) is 44.8 Å². The van der Waals surface area contributed by atoms with Crippen LogP contribution in [0.2, 0.25) is 0 Å². The first-order valence-electron chi connectivity index (χ1n) is 12.7. The summed E-state index contributed by atoms with van der Waals surface area (Å²) >= 11 is 0. The quantitative estimate of drug-likeness (QED) is 0.247. The monoisotopic (exact) mass is 442 g/mol. The van der Waals surface area contributed by atoms with E-state index in [2.05, 4.69) is 33.8 Å². The third kappa shape index (κ3) is 5.11. The summed E-state index contributed by atoms with van der Waals surface area (Å²) in [6, 6.07) is 0. The average Bonchev–Trinajstić information content (AvgIpc) is 3.06. The molecule has 1 N–H and O–H groups in total. The van der Waals surface area contributed by atoms with Gasteiger partial charge in [-0.25, -0.2) is 0 Å². The van der Waals surface area contributed by atoms with Gasteiger partial charge in [0.2, 0.25) is 0 Å². The van der Waals surface area contributed by atoms with Gasteiger partial charge in [-0.05, 0) is 54.2 Å². The Kier molecular flexibility index (Phi) is 8.19. The maximum Gasteiger partial charge on any atom is 0.305 e. The summed E-state index contributed by atoms with van der Waals surface area (Å²) in [6.45, 7) is 9.26. The Hall–Kier alpha value is -1.68. The predicted octanol–water partition coefficient (Wildman–Crippen LogP) is 6.24. The Labute approximate surface area is 194 Å². The van der Waals surface area contributed by atoms with E-state index < -0.39 is 6.10 Å². The lowest BCUT2D eigenvalue weighted by molar-refractivity contribution is -0.144. The summed E-state index contributed by atoms with van der Waals surface area (Å²) in [5.41, 5.74) is 4.32. The highest BCUT2D eigenvalue weighted by Gasteiger charge is 2.51. The molecule has 4 heteroatoms. The van der Waals surface area contributed by atoms with Crippen LogP contribution in [0.25, 0.3) is 0 Å². The van der Waals surface area contributed by atoms with Crippen molar-refractivity contribution in [3.05, 3.63) is 34.4 Å². The summed E-state index contributed by atoms with van der Waals surface area (Å²) in [4.78, 5) is 23.7. The minimum Gasteiger partial charge on any atom is -0.465 e. The molecule has 3 aliphatic rings. The van der Waals surface area contributed by atoms with Gasteiger partial charge in [-0.15, -0.1) is 0 Å². The molecule has 1 unspecified atom stereocenters. The van der Waals surface area contributed by atoms with E-state index in [9.17, 15) is 14.7 Å². The lowest BCUT2D eigenvalue weighted by atomic mass is 9.57. The van der Waals surface area contributed by atoms with Gasteiger partial charge in [0, 0.05) is 24.2 Å². The summed E-state index contributed by atoms with van der Waals surface area (Å²) in [5, 5.41) is 11.1. The van der Waals surface area contributed by atoms with Gasteiger partial charge < -0.3 is 9.84 Å². The highest BCUT2D eigenvalue weighted by Crippen LogP contribution is 2.61. The highest BCUT2D eigenvalue weighted by molar-refractivity contribution is 5.75. The maximum absolute atomic E-state index is 12.3. The van der Waals surface area contributed by atoms with Crippen molar-refractivity contribution < 1.29 is 19.4 Å². The van der Waals surface area contributed by atoms with Crippen LogP contribution in [0.1, 0.15) is 98.3 Å². The Morgan fingerprint density at radius 1 is 1.19 bits per heavy atom. The predicted molar refractivity (Wildman–Crippen MR) is 128 cm³/mol. The molecule has 3 aliphatic carbocycles. The first kappa shape index (κ1) is 25.0. The number of carbonyl (C=O) groups is 2. The van der Waals surface area contributed by atoms with Gasteiger partial charge >= 0.3 is 5.97 Å². The second-order valence-corrected chi connectivity index (χ2v) is 10.8. The van der Waals surface area contributed by atoms with E-state index in [1.807, 2.05) is 6.08 Å². The molecule has 0 aromatic heterocycles. The van der Waals surface area contributed by atoms with E-state index in [-0.39, 0.29) is 22.7 Å². The molecule has 0 bridgehead atoms. The van der Waals surface area contributed by atoms with Crippen LogP contribution in [-0.4, -0.2) is 30.1 Å². The molecule has 0 saturated heterocycles. The number of allylic oxidation sites excluding steroid dienone is 3. The fourth-order valence-electron chi connectivity index (χ4n) is 5.92. The van der Waals surface area contributed by atoms with Gasteiger partial charge in [0.25, 0.3) is 0 Å². The van der Waals surface area contributed by atoms with Crippen molar-refractivity contribution in [1.29, 1.82) is 0 Å². The zero-order chi connectivity index (χ0) is 23.4. The summed E-state index contributed by atoms with van der Waals surface area (Å²) in [7, 11) is 0. The topological polar surface area (TPSA) is 63.6 Å². The number of fused-ring (bicyclic) bond motifs is 3. The number of aldehydes is 1. The number of carbonyl (C=O) groups excluding carboxylic acids is 2. The molecule has 3 rings (SSSR count). The van der Waals surface area contributed by atoms with Gasteiger partial charge in [0.15, 0.2) is 0 Å². The molecule has 1 fully saturated rings. The number of unbranched alkanes of at least 4 members (excludes halogenated alkanes) is 4. The molecular weight excluding hydrogens is 400 g/mol. The molecule has 0 aromatic carbocycles. The zero-order valence-corrected chi connectivity index (χ0v) is 20.5. The average molecular weight is 443 g/mol. The van der Waals surface area contributed by atoms with Crippen LogP contribution >= 0.6 is 0 Å². The molecule has 0 spiro atoms. The number of hydrogen-bond acceptors (Lipinski definition) is 4. The van der Waals surface area contributed by atoms with E-state index in [1.165, 1.54) is 36.0 Å². The first-order valence-corrected chi connectivity index (χ1v) is 12.7. The maximum atomic E-state index is 12.3. The standard InChI is InChI=1S/C28H42O4/c1-5-6-7-8-9-10-25(31)32-19-20(2)22-13-14-27(3)15-16-28(4)23(26(22)27)12-11-21(18-29)17-24(28)30/h11-12,18,20,24,30H,5-10,13-17,19H2,1-4H3/t20?,24-,27+,28+/m0/s1. The molecule has 4 nitrogen and oxygen atoms in total. The largest absolute Gasteiger partial charge is 0.465 e. The second-order valence-electron chi connectivity index (χ2n) is 10.8. The van der Waals surface area contributed by atoms with Gasteiger partial charge in [0.05, 0.1) is 12.7 Å². The Morgan fingerprint density at radius 2 is 1.94 bits per heavy atom. The van der Waals surface area contributed by atoms with Gasteiger partial charge in [0.1, 0.15) is 6.29 Å². The number of ether oxygens (including phenoxy) is 1. The van der Waals surface area contributed by atoms with Crippen LogP contribution < -0.4 is 0 Å². The Morgan fingerprint density at radius 3 is 2.66 bits per heavy atom. The van der Waals surface area contributed by atoms with Crippen molar-refractivity contribution in [2.45, 2.75) is 104 Å². The van der Waals surface area contributed by atoms with Crippen molar-refractivity contribution in [2.75, 3.05) is 6.61 Å². The fraction of sp³-hybridized carbons (Fsp3) is 0.714. The van der Waals surface area contributed by atoms with Gasteiger partial charge in [-0.3, -0.25) is 9.59 Å². The molecule has 178 valence electrons. The summed E-state index contributed by atoms with van der Waals surface area (Å²) in [6.07, 6.45) is 14.9. The van der Waals surface area contributed by atoms with Crippen LogP contribution in [0.4, 0.5) is 0 Å². The van der Waals surface area contributed by atoms with Crippen LogP contribution in [0.5, 0.6) is 0 Å². The second kappa shape index (κ2) is 10.5. The van der Waals surface area contributed by atoms with Crippen molar-refractivity contribution in [3.63, 3.8) is 0 Å². The number of esters is 1. The molecular formula is C28H42O4. The first-order chi connectivity index (χ1) is 15.2. The Bertz CT molecular complexity index is 804. The number of rotatable bonds is 10. The highest BCUT2D eigenvalue weighted by atomic mass is 16.5. The number of hydrogen-bond donors (Lipinski definition) is 1. The van der Waals surface area contributed by atoms with E-state index >= 15 is 0 Å². The third-order valence-corrected chi connectivity index (χ3v) is 8.31. The minimum absolute atomic E-state index is 0.0872. The minimum atomic E-state index is -0.563. The third-order valence-electron chi connectivity index (χ3n) is 8.31. The smallest absolute Gasteiger partial charge is 0.305 e. The van der Waals surface area contributed by atoms with Crippen LogP contribution in [0.3, 0.4) is 0 Å². The van der Waals surface area contributed by atoms with Crippen molar-refractivity contribution in [3.8, 4) is 0 Å². The van der Waals surface area contributed by atoms with Gasteiger partial charge in [-0.1, -0.05) is 71.1 Å². The van der Waals surface area contributed by atoms with Crippen molar-refractivity contribution in [2.24, 2.45) is 16.7 Å². The van der Waals surface area contributed by atoms with Crippen LogP contribution in [-0.2, 0) is 14.3 Å². The molecule has 4 atom stereocenters. The molecule has 0 amide bonds. The van der Waals surface area contributed by atoms with Crippen LogP contribution in [0.15, 0.2) is 34.4 Å². The Balaban J connectivity index is 1.75. The van der Waals surface area contributed by atoms with Crippen LogP contribution in [0, 0.1) is 16.7 Å². The SMILES string of the molecule is CCCCCCCC(=O)OCC(C)C1=C2C3=CC=C(C=O)C[C@H](O)[C@]3(C)CC[C@@]2(C)CC1. The van der Waals surface area contributed by atoms with E-state index in [1.54, 1.807) is 0 Å². The molecule has 1 saturated carbocycles. The molecule has 32 heavy (non-hydrogen) atoms. The lowest BCUT2D eigenvalue weighted by Gasteiger charge is -2.48. The van der Waals surface area contributed by atoms with Crippen molar-refractivity contribution in [1.82, 2.24) is 0 Å². The van der Waals surface area contributed by atoms with E-state index in [4.69, 9.17) is 4.74 Å². The van der Waals surface area contributed by atoms with E-state index in [0.29, 0.717) is 25.0 Å². The molecule has 0 aromatic rings. The zero-order valence-electron chi connectivity index (χ0n) is 20.5. The van der Waals surface area contributed by atoms with Crippen molar-refractivity contribution >= 4 is 12.3 Å². The molecule has 0 radical (unpaired) electrons. The number of aliphatic hydroxyl groups is 1. The lowest BCUT2D eigenvalue weighted by Crippen LogP contribution is -2.41. The summed E-state index contributed by atoms with van der Waals surface area (Å²) in [5.74, 6) is 0.0740. The summed E-state index contributed by atoms with van der Waals surface area (Å²) < 4.78 is 5.68. The van der Waals surface area contributed by atoms with Gasteiger partial charge in [-0.2, -0.15) is 0 Å². The number of aliphatic hydroxyl groups excluding tert-OH is 1.